The highest BCUT2D eigenvalue weighted by Crippen LogP contribution is 2.27. The molecule has 1 aliphatic heterocycles. The molecule has 0 aliphatic carbocycles. The van der Waals surface area contributed by atoms with Crippen molar-refractivity contribution in [3.63, 3.8) is 0 Å². The molecule has 1 amide bonds. The second kappa shape index (κ2) is 6.43. The zero-order chi connectivity index (χ0) is 13.7. The first kappa shape index (κ1) is 13.7. The van der Waals surface area contributed by atoms with Crippen LogP contribution >= 0.6 is 0 Å². The monoisotopic (exact) mass is 264 g/mol. The number of nitrogens with one attached hydrogen (secondary N) is 2. The number of rotatable bonds is 5. The Morgan fingerprint density at radius 1 is 1.32 bits per heavy atom. The van der Waals surface area contributed by atoms with Gasteiger partial charge in [0.2, 0.25) is 5.91 Å². The number of hydrogen-bond acceptors (Lipinski definition) is 4. The highest BCUT2D eigenvalue weighted by atomic mass is 16.5. The molecular weight excluding hydrogens is 244 g/mol. The van der Waals surface area contributed by atoms with E-state index in [1.165, 1.54) is 0 Å². The molecule has 1 unspecified atom stereocenters. The van der Waals surface area contributed by atoms with E-state index in [1.54, 1.807) is 14.2 Å². The Kier molecular flexibility index (Phi) is 4.63. The molecule has 5 heteroatoms. The number of amides is 1. The first-order chi connectivity index (χ1) is 9.22. The standard InChI is InChI=1S/C14H20N2O3/c1-18-12-5-3-10(7-13(12)19-2)8-15-11-4-6-14(17)16-9-11/h3,5,7,11,15H,4,6,8-9H2,1-2H3,(H,16,17). The van der Waals surface area contributed by atoms with Crippen molar-refractivity contribution in [1.29, 1.82) is 0 Å². The number of ether oxygens (including phenoxy) is 2. The van der Waals surface area contributed by atoms with Crippen LogP contribution in [0.3, 0.4) is 0 Å². The Morgan fingerprint density at radius 2 is 2.11 bits per heavy atom. The molecule has 0 radical (unpaired) electrons. The molecule has 1 saturated heterocycles. The summed E-state index contributed by atoms with van der Waals surface area (Å²) >= 11 is 0. The van der Waals surface area contributed by atoms with E-state index in [0.717, 1.165) is 30.0 Å². The first-order valence-electron chi connectivity index (χ1n) is 6.44. The number of benzene rings is 1. The molecule has 1 fully saturated rings. The molecule has 1 heterocycles. The molecule has 1 aliphatic rings. The zero-order valence-corrected chi connectivity index (χ0v) is 11.4. The minimum absolute atomic E-state index is 0.143. The number of carbonyl (C=O) groups excluding carboxylic acids is 1. The minimum atomic E-state index is 0.143. The van der Waals surface area contributed by atoms with Gasteiger partial charge in [-0.25, -0.2) is 0 Å². The topological polar surface area (TPSA) is 59.6 Å². The predicted molar refractivity (Wildman–Crippen MR) is 72.4 cm³/mol. The number of hydrogen-bond donors (Lipinski definition) is 2. The van der Waals surface area contributed by atoms with Crippen molar-refractivity contribution in [1.82, 2.24) is 10.6 Å². The quantitative estimate of drug-likeness (QED) is 0.835. The number of piperidine rings is 1. The van der Waals surface area contributed by atoms with E-state index in [0.29, 0.717) is 19.0 Å². The largest absolute Gasteiger partial charge is 0.493 e. The van der Waals surface area contributed by atoms with Crippen LogP contribution in [0, 0.1) is 0 Å². The van der Waals surface area contributed by atoms with Crippen LogP contribution in [-0.2, 0) is 11.3 Å². The van der Waals surface area contributed by atoms with Crippen molar-refractivity contribution in [2.45, 2.75) is 25.4 Å². The average Bonchev–Trinajstić information content (AvgIpc) is 2.46. The maximum Gasteiger partial charge on any atom is 0.220 e. The summed E-state index contributed by atoms with van der Waals surface area (Å²) < 4.78 is 10.5. The third-order valence-corrected chi connectivity index (χ3v) is 3.31. The van der Waals surface area contributed by atoms with E-state index in [1.807, 2.05) is 18.2 Å². The molecular formula is C14H20N2O3. The van der Waals surface area contributed by atoms with E-state index in [4.69, 9.17) is 9.47 Å². The van der Waals surface area contributed by atoms with Crippen molar-refractivity contribution < 1.29 is 14.3 Å². The van der Waals surface area contributed by atoms with Gasteiger partial charge in [0.1, 0.15) is 0 Å². The summed E-state index contributed by atoms with van der Waals surface area (Å²) in [5, 5.41) is 6.30. The molecule has 0 bridgehead atoms. The maximum atomic E-state index is 11.1. The van der Waals surface area contributed by atoms with Gasteiger partial charge in [-0.15, -0.1) is 0 Å². The Balaban J connectivity index is 1.90. The third-order valence-electron chi connectivity index (χ3n) is 3.31. The lowest BCUT2D eigenvalue weighted by molar-refractivity contribution is -0.122. The summed E-state index contributed by atoms with van der Waals surface area (Å²) in [5.74, 6) is 1.61. The van der Waals surface area contributed by atoms with Crippen molar-refractivity contribution in [2.75, 3.05) is 20.8 Å². The van der Waals surface area contributed by atoms with Gasteiger partial charge in [0.25, 0.3) is 0 Å². The molecule has 1 aromatic carbocycles. The van der Waals surface area contributed by atoms with Crippen LogP contribution < -0.4 is 20.1 Å². The van der Waals surface area contributed by atoms with E-state index in [2.05, 4.69) is 10.6 Å². The Bertz CT molecular complexity index is 438. The van der Waals surface area contributed by atoms with Gasteiger partial charge in [0, 0.05) is 25.6 Å². The van der Waals surface area contributed by atoms with E-state index >= 15 is 0 Å². The van der Waals surface area contributed by atoms with E-state index < -0.39 is 0 Å². The smallest absolute Gasteiger partial charge is 0.220 e. The summed E-state index contributed by atoms with van der Waals surface area (Å²) in [6.45, 7) is 1.45. The normalized spacial score (nSPS) is 18.8. The summed E-state index contributed by atoms with van der Waals surface area (Å²) in [4.78, 5) is 11.1. The molecule has 1 atom stereocenters. The van der Waals surface area contributed by atoms with Crippen LogP contribution in [0.1, 0.15) is 18.4 Å². The van der Waals surface area contributed by atoms with Gasteiger partial charge in [0.05, 0.1) is 14.2 Å². The summed E-state index contributed by atoms with van der Waals surface area (Å²) in [6.07, 6.45) is 1.49. The van der Waals surface area contributed by atoms with Crippen LogP contribution in [0.25, 0.3) is 0 Å². The van der Waals surface area contributed by atoms with Gasteiger partial charge >= 0.3 is 0 Å². The van der Waals surface area contributed by atoms with Crippen molar-refractivity contribution in [3.05, 3.63) is 23.8 Å². The van der Waals surface area contributed by atoms with Crippen LogP contribution in [0.5, 0.6) is 11.5 Å². The Morgan fingerprint density at radius 3 is 2.74 bits per heavy atom. The highest BCUT2D eigenvalue weighted by molar-refractivity contribution is 5.76. The lowest BCUT2D eigenvalue weighted by atomic mass is 10.1. The van der Waals surface area contributed by atoms with Gasteiger partial charge < -0.3 is 20.1 Å². The highest BCUT2D eigenvalue weighted by Gasteiger charge is 2.17. The van der Waals surface area contributed by atoms with Crippen LogP contribution in [0.2, 0.25) is 0 Å². The SMILES string of the molecule is COc1ccc(CNC2CCC(=O)NC2)cc1OC. The van der Waals surface area contributed by atoms with Gasteiger partial charge in [-0.3, -0.25) is 4.79 Å². The first-order valence-corrected chi connectivity index (χ1v) is 6.44. The predicted octanol–water partition coefficient (Wildman–Crippen LogP) is 1.07. The summed E-state index contributed by atoms with van der Waals surface area (Å²) in [6, 6.07) is 6.22. The lowest BCUT2D eigenvalue weighted by Crippen LogP contribution is -2.45. The average molecular weight is 264 g/mol. The molecule has 0 saturated carbocycles. The lowest BCUT2D eigenvalue weighted by Gasteiger charge is -2.23. The van der Waals surface area contributed by atoms with Crippen LogP contribution in [-0.4, -0.2) is 32.7 Å². The van der Waals surface area contributed by atoms with E-state index in [9.17, 15) is 4.79 Å². The van der Waals surface area contributed by atoms with Crippen molar-refractivity contribution in [2.24, 2.45) is 0 Å². The second-order valence-corrected chi connectivity index (χ2v) is 4.61. The van der Waals surface area contributed by atoms with Crippen LogP contribution in [0.4, 0.5) is 0 Å². The van der Waals surface area contributed by atoms with Crippen LogP contribution in [0.15, 0.2) is 18.2 Å². The number of carbonyl (C=O) groups is 1. The molecule has 104 valence electrons. The van der Waals surface area contributed by atoms with E-state index in [-0.39, 0.29) is 5.91 Å². The molecule has 19 heavy (non-hydrogen) atoms. The molecule has 1 aromatic rings. The Labute approximate surface area is 113 Å². The molecule has 2 N–H and O–H groups in total. The third kappa shape index (κ3) is 3.61. The van der Waals surface area contributed by atoms with Gasteiger partial charge in [0.15, 0.2) is 11.5 Å². The molecule has 5 nitrogen and oxygen atoms in total. The van der Waals surface area contributed by atoms with Crippen molar-refractivity contribution >= 4 is 5.91 Å². The molecule has 0 spiro atoms. The van der Waals surface area contributed by atoms with Gasteiger partial charge in [-0.2, -0.15) is 0 Å². The van der Waals surface area contributed by atoms with Gasteiger partial charge in [-0.05, 0) is 24.1 Å². The zero-order valence-electron chi connectivity index (χ0n) is 11.4. The summed E-state index contributed by atoms with van der Waals surface area (Å²) in [5.41, 5.74) is 1.13. The molecule has 2 rings (SSSR count). The molecule has 0 aromatic heterocycles. The van der Waals surface area contributed by atoms with Gasteiger partial charge in [-0.1, -0.05) is 6.07 Å². The second-order valence-electron chi connectivity index (χ2n) is 4.61. The fourth-order valence-electron chi connectivity index (χ4n) is 2.16. The van der Waals surface area contributed by atoms with Crippen molar-refractivity contribution in [3.8, 4) is 11.5 Å². The number of methoxy groups -OCH3 is 2. The minimum Gasteiger partial charge on any atom is -0.493 e. The maximum absolute atomic E-state index is 11.1. The fourth-order valence-corrected chi connectivity index (χ4v) is 2.16. The summed E-state index contributed by atoms with van der Waals surface area (Å²) in [7, 11) is 3.26. The fraction of sp³-hybridized carbons (Fsp3) is 0.500. The Hall–Kier alpha value is -1.75.